The summed E-state index contributed by atoms with van der Waals surface area (Å²) < 4.78 is 11.7. The van der Waals surface area contributed by atoms with E-state index in [0.717, 1.165) is 32.4 Å². The topological polar surface area (TPSA) is 38.8 Å². The molecule has 0 aromatic carbocycles. The van der Waals surface area contributed by atoms with Gasteiger partial charge in [0.2, 0.25) is 0 Å². The molecule has 21 heavy (non-hydrogen) atoms. The van der Waals surface area contributed by atoms with Crippen molar-refractivity contribution in [1.29, 1.82) is 0 Å². The summed E-state index contributed by atoms with van der Waals surface area (Å²) in [5.41, 5.74) is -0.506. The standard InChI is InChI=1S/C17H33NO3/c1-8-17(6,7)15(19)20-14-9-11-18(12-10-14)13(2)21-16(3,4)5/h13-14H,8-12H2,1-7H3. The monoisotopic (exact) mass is 299 g/mol. The molecule has 1 saturated heterocycles. The minimum absolute atomic E-state index is 0.0569. The third-order valence-electron chi connectivity index (χ3n) is 4.23. The second kappa shape index (κ2) is 7.10. The van der Waals surface area contributed by atoms with E-state index >= 15 is 0 Å². The van der Waals surface area contributed by atoms with Gasteiger partial charge in [0, 0.05) is 13.1 Å². The summed E-state index contributed by atoms with van der Waals surface area (Å²) in [6.07, 6.45) is 2.75. The van der Waals surface area contributed by atoms with E-state index in [2.05, 4.69) is 32.6 Å². The average molecular weight is 299 g/mol. The summed E-state index contributed by atoms with van der Waals surface area (Å²) in [7, 11) is 0. The SMILES string of the molecule is CCC(C)(C)C(=O)OC1CCN(C(C)OC(C)(C)C)CC1. The molecule has 124 valence electrons. The third-order valence-corrected chi connectivity index (χ3v) is 4.23. The molecule has 1 aliphatic heterocycles. The molecule has 0 amide bonds. The van der Waals surface area contributed by atoms with Gasteiger partial charge < -0.3 is 9.47 Å². The fourth-order valence-electron chi connectivity index (χ4n) is 2.40. The molecular weight excluding hydrogens is 266 g/mol. The highest BCUT2D eigenvalue weighted by Crippen LogP contribution is 2.25. The first-order valence-corrected chi connectivity index (χ1v) is 8.18. The molecule has 1 heterocycles. The largest absolute Gasteiger partial charge is 0.462 e. The predicted octanol–water partition coefficient (Wildman–Crippen LogP) is 3.59. The van der Waals surface area contributed by atoms with E-state index in [1.807, 2.05) is 20.8 Å². The molecule has 0 N–H and O–H groups in total. The van der Waals surface area contributed by atoms with Crippen LogP contribution in [-0.4, -0.2) is 41.9 Å². The molecule has 1 fully saturated rings. The van der Waals surface area contributed by atoms with Gasteiger partial charge in [-0.1, -0.05) is 6.92 Å². The van der Waals surface area contributed by atoms with Crippen molar-refractivity contribution in [2.75, 3.05) is 13.1 Å². The summed E-state index contributed by atoms with van der Waals surface area (Å²) in [6.45, 7) is 16.1. The molecule has 0 aromatic heterocycles. The van der Waals surface area contributed by atoms with Crippen LogP contribution in [0.3, 0.4) is 0 Å². The van der Waals surface area contributed by atoms with E-state index in [-0.39, 0.29) is 29.3 Å². The molecular formula is C17H33NO3. The summed E-state index contributed by atoms with van der Waals surface area (Å²) in [4.78, 5) is 14.4. The number of likely N-dealkylation sites (tertiary alicyclic amines) is 1. The minimum atomic E-state index is -0.375. The van der Waals surface area contributed by atoms with Crippen LogP contribution >= 0.6 is 0 Å². The van der Waals surface area contributed by atoms with Crippen molar-refractivity contribution in [3.05, 3.63) is 0 Å². The zero-order chi connectivity index (χ0) is 16.3. The van der Waals surface area contributed by atoms with Gasteiger partial charge in [-0.2, -0.15) is 0 Å². The maximum Gasteiger partial charge on any atom is 0.311 e. The Balaban J connectivity index is 2.41. The number of piperidine rings is 1. The normalized spacial score (nSPS) is 20.3. The molecule has 0 bridgehead atoms. The van der Waals surface area contributed by atoms with Gasteiger partial charge in [-0.25, -0.2) is 0 Å². The molecule has 0 radical (unpaired) electrons. The number of hydrogen-bond acceptors (Lipinski definition) is 4. The molecule has 4 heteroatoms. The lowest BCUT2D eigenvalue weighted by atomic mass is 9.90. The molecule has 0 aliphatic carbocycles. The Kier molecular flexibility index (Phi) is 6.23. The number of esters is 1. The van der Waals surface area contributed by atoms with Crippen LogP contribution in [0.1, 0.15) is 67.7 Å². The third kappa shape index (κ3) is 5.95. The van der Waals surface area contributed by atoms with Crippen molar-refractivity contribution in [3.63, 3.8) is 0 Å². The van der Waals surface area contributed by atoms with Crippen LogP contribution in [0, 0.1) is 5.41 Å². The Labute approximate surface area is 130 Å². The highest BCUT2D eigenvalue weighted by Gasteiger charge is 2.32. The van der Waals surface area contributed by atoms with Crippen LogP contribution in [-0.2, 0) is 14.3 Å². The maximum atomic E-state index is 12.1. The van der Waals surface area contributed by atoms with Crippen molar-refractivity contribution in [3.8, 4) is 0 Å². The zero-order valence-electron chi connectivity index (χ0n) is 14.9. The highest BCUT2D eigenvalue weighted by atomic mass is 16.5. The first kappa shape index (κ1) is 18.4. The van der Waals surface area contributed by atoms with Crippen molar-refractivity contribution in [2.45, 2.75) is 85.7 Å². The van der Waals surface area contributed by atoms with Gasteiger partial charge in [-0.15, -0.1) is 0 Å². The van der Waals surface area contributed by atoms with Crippen LogP contribution in [0.2, 0.25) is 0 Å². The van der Waals surface area contributed by atoms with Gasteiger partial charge in [-0.05, 0) is 60.8 Å². The summed E-state index contributed by atoms with van der Waals surface area (Å²) in [6, 6.07) is 0. The maximum absolute atomic E-state index is 12.1. The smallest absolute Gasteiger partial charge is 0.311 e. The number of ether oxygens (including phenoxy) is 2. The van der Waals surface area contributed by atoms with Crippen molar-refractivity contribution in [1.82, 2.24) is 4.90 Å². The van der Waals surface area contributed by atoms with Crippen LogP contribution < -0.4 is 0 Å². The van der Waals surface area contributed by atoms with Gasteiger partial charge in [-0.3, -0.25) is 9.69 Å². The van der Waals surface area contributed by atoms with Crippen LogP contribution in [0.25, 0.3) is 0 Å². The summed E-state index contributed by atoms with van der Waals surface area (Å²) in [5.74, 6) is -0.0672. The lowest BCUT2D eigenvalue weighted by Crippen LogP contribution is -2.46. The fourth-order valence-corrected chi connectivity index (χ4v) is 2.40. The Morgan fingerprint density at radius 3 is 2.14 bits per heavy atom. The molecule has 0 saturated carbocycles. The van der Waals surface area contributed by atoms with Gasteiger partial charge >= 0.3 is 5.97 Å². The van der Waals surface area contributed by atoms with Crippen molar-refractivity contribution >= 4 is 5.97 Å². The number of nitrogens with zero attached hydrogens (tertiary/aromatic N) is 1. The van der Waals surface area contributed by atoms with Crippen LogP contribution in [0.5, 0.6) is 0 Å². The number of carbonyl (C=O) groups excluding carboxylic acids is 1. The molecule has 1 aliphatic rings. The Hall–Kier alpha value is -0.610. The molecule has 0 spiro atoms. The van der Waals surface area contributed by atoms with E-state index in [9.17, 15) is 4.79 Å². The van der Waals surface area contributed by atoms with Crippen molar-refractivity contribution < 1.29 is 14.3 Å². The molecule has 4 nitrogen and oxygen atoms in total. The second-order valence-corrected chi connectivity index (χ2v) is 7.71. The van der Waals surface area contributed by atoms with E-state index in [4.69, 9.17) is 9.47 Å². The van der Waals surface area contributed by atoms with Crippen LogP contribution in [0.4, 0.5) is 0 Å². The van der Waals surface area contributed by atoms with Crippen molar-refractivity contribution in [2.24, 2.45) is 5.41 Å². The lowest BCUT2D eigenvalue weighted by Gasteiger charge is -2.38. The number of hydrogen-bond donors (Lipinski definition) is 0. The summed E-state index contributed by atoms with van der Waals surface area (Å²) >= 11 is 0. The predicted molar refractivity (Wildman–Crippen MR) is 85.1 cm³/mol. The molecule has 1 atom stereocenters. The van der Waals surface area contributed by atoms with Crippen LogP contribution in [0.15, 0.2) is 0 Å². The first-order chi connectivity index (χ1) is 9.55. The molecule has 0 aromatic rings. The number of rotatable bonds is 5. The summed E-state index contributed by atoms with van der Waals surface area (Å²) in [5, 5.41) is 0. The lowest BCUT2D eigenvalue weighted by molar-refractivity contribution is -0.166. The average Bonchev–Trinajstić information content (AvgIpc) is 2.37. The van der Waals surface area contributed by atoms with Gasteiger partial charge in [0.05, 0.1) is 11.0 Å². The second-order valence-electron chi connectivity index (χ2n) is 7.71. The molecule has 1 rings (SSSR count). The quantitative estimate of drug-likeness (QED) is 0.727. The first-order valence-electron chi connectivity index (χ1n) is 8.18. The zero-order valence-corrected chi connectivity index (χ0v) is 14.9. The highest BCUT2D eigenvalue weighted by molar-refractivity contribution is 5.75. The Morgan fingerprint density at radius 2 is 1.71 bits per heavy atom. The number of carbonyl (C=O) groups is 1. The van der Waals surface area contributed by atoms with E-state index in [1.165, 1.54) is 0 Å². The van der Waals surface area contributed by atoms with Gasteiger partial charge in [0.1, 0.15) is 12.3 Å². The minimum Gasteiger partial charge on any atom is -0.462 e. The van der Waals surface area contributed by atoms with E-state index in [1.54, 1.807) is 0 Å². The fraction of sp³-hybridized carbons (Fsp3) is 0.941. The Bertz CT molecular complexity index is 338. The van der Waals surface area contributed by atoms with Gasteiger partial charge in [0.15, 0.2) is 0 Å². The Morgan fingerprint density at radius 1 is 1.19 bits per heavy atom. The van der Waals surface area contributed by atoms with Gasteiger partial charge in [0.25, 0.3) is 0 Å². The molecule has 1 unspecified atom stereocenters. The van der Waals surface area contributed by atoms with E-state index < -0.39 is 0 Å². The van der Waals surface area contributed by atoms with E-state index in [0.29, 0.717) is 0 Å².